The first-order valence-corrected chi connectivity index (χ1v) is 8.38. The van der Waals surface area contributed by atoms with Crippen molar-refractivity contribution in [2.75, 3.05) is 6.26 Å². The van der Waals surface area contributed by atoms with E-state index in [1.165, 1.54) is 24.3 Å². The van der Waals surface area contributed by atoms with Crippen molar-refractivity contribution in [2.45, 2.75) is 10.9 Å². The Kier molecular flexibility index (Phi) is 4.65. The summed E-state index contributed by atoms with van der Waals surface area (Å²) in [5, 5.41) is 2.30. The quantitative estimate of drug-likeness (QED) is 0.893. The van der Waals surface area contributed by atoms with Crippen molar-refractivity contribution in [3.8, 4) is 0 Å². The molecule has 122 valence electrons. The Morgan fingerprint density at radius 1 is 1.17 bits per heavy atom. The number of sulfone groups is 1. The highest BCUT2D eigenvalue weighted by atomic mass is 32.2. The first-order chi connectivity index (χ1) is 10.7. The minimum Gasteiger partial charge on any atom is -0.352 e. The lowest BCUT2D eigenvalue weighted by atomic mass is 9.98. The number of carbonyl (C=O) groups excluding carboxylic acids is 1. The zero-order chi connectivity index (χ0) is 17.2. The van der Waals surface area contributed by atoms with E-state index in [1.54, 1.807) is 0 Å². The average molecular weight is 340 g/mol. The van der Waals surface area contributed by atoms with Crippen LogP contribution in [0.3, 0.4) is 0 Å². The average Bonchev–Trinajstić information content (AvgIpc) is 2.46. The summed E-state index contributed by atoms with van der Waals surface area (Å²) >= 11 is 0. The molecule has 0 spiro atoms. The van der Waals surface area contributed by atoms with Gasteiger partial charge in [-0.3, -0.25) is 0 Å². The molecule has 0 saturated carbocycles. The summed E-state index contributed by atoms with van der Waals surface area (Å²) in [6.07, 6.45) is 1.02. The van der Waals surface area contributed by atoms with Gasteiger partial charge < -0.3 is 11.1 Å². The molecule has 0 unspecified atom stereocenters. The van der Waals surface area contributed by atoms with Crippen LogP contribution in [0.2, 0.25) is 0 Å². The zero-order valence-corrected chi connectivity index (χ0v) is 12.9. The van der Waals surface area contributed by atoms with Crippen LogP contribution in [0.25, 0.3) is 0 Å². The Morgan fingerprint density at radius 3 is 2.48 bits per heavy atom. The van der Waals surface area contributed by atoms with Gasteiger partial charge in [-0.15, -0.1) is 0 Å². The molecule has 0 fully saturated rings. The van der Waals surface area contributed by atoms with Crippen LogP contribution in [-0.2, 0) is 9.84 Å². The molecule has 0 bridgehead atoms. The largest absolute Gasteiger partial charge is 0.352 e. The normalized spacial score (nSPS) is 12.7. The Labute approximate surface area is 132 Å². The van der Waals surface area contributed by atoms with Crippen LogP contribution in [0.5, 0.6) is 0 Å². The van der Waals surface area contributed by atoms with Gasteiger partial charge in [0.1, 0.15) is 11.6 Å². The number of benzene rings is 2. The standard InChI is InChI=1S/C15H14F2N2O3S/c1-23(21,22)11-4-2-3-9(7-11)14(19-15(18)20)12-8-10(16)5-6-13(12)17/h2-8,14H,1H3,(H3,18,19,20)/t14-/m0/s1. The topological polar surface area (TPSA) is 89.3 Å². The van der Waals surface area contributed by atoms with Crippen LogP contribution in [0, 0.1) is 11.6 Å². The molecule has 23 heavy (non-hydrogen) atoms. The van der Waals surface area contributed by atoms with Crippen LogP contribution < -0.4 is 11.1 Å². The van der Waals surface area contributed by atoms with Crippen molar-refractivity contribution in [1.29, 1.82) is 0 Å². The maximum Gasteiger partial charge on any atom is 0.312 e. The third-order valence-corrected chi connectivity index (χ3v) is 4.29. The van der Waals surface area contributed by atoms with E-state index in [0.717, 1.165) is 24.5 Å². The van der Waals surface area contributed by atoms with Crippen molar-refractivity contribution in [3.63, 3.8) is 0 Å². The van der Waals surface area contributed by atoms with Gasteiger partial charge >= 0.3 is 6.03 Å². The molecule has 1 atom stereocenters. The van der Waals surface area contributed by atoms with Gasteiger partial charge in [-0.25, -0.2) is 22.0 Å². The molecule has 8 heteroatoms. The first kappa shape index (κ1) is 16.9. The monoisotopic (exact) mass is 340 g/mol. The van der Waals surface area contributed by atoms with Gasteiger partial charge in [0.15, 0.2) is 9.84 Å². The molecule has 0 aliphatic rings. The SMILES string of the molecule is CS(=O)(=O)c1cccc([C@H](NC(N)=O)c2cc(F)ccc2F)c1. The van der Waals surface area contributed by atoms with Gasteiger partial charge in [-0.1, -0.05) is 12.1 Å². The lowest BCUT2D eigenvalue weighted by Gasteiger charge is -2.20. The van der Waals surface area contributed by atoms with E-state index < -0.39 is 33.5 Å². The van der Waals surface area contributed by atoms with Gasteiger partial charge in [0.25, 0.3) is 0 Å². The Bertz CT molecular complexity index is 854. The molecule has 2 aromatic carbocycles. The minimum absolute atomic E-state index is 0.0110. The number of rotatable bonds is 4. The third-order valence-electron chi connectivity index (χ3n) is 3.18. The van der Waals surface area contributed by atoms with Crippen LogP contribution in [0.15, 0.2) is 47.4 Å². The maximum atomic E-state index is 14.0. The molecule has 0 heterocycles. The molecule has 5 nitrogen and oxygen atoms in total. The van der Waals surface area contributed by atoms with E-state index >= 15 is 0 Å². The highest BCUT2D eigenvalue weighted by Gasteiger charge is 2.21. The summed E-state index contributed by atoms with van der Waals surface area (Å²) < 4.78 is 50.7. The second-order valence-corrected chi connectivity index (χ2v) is 6.97. The number of nitrogens with one attached hydrogen (secondary N) is 1. The summed E-state index contributed by atoms with van der Waals surface area (Å²) in [7, 11) is -3.50. The van der Waals surface area contributed by atoms with Gasteiger partial charge in [-0.2, -0.15) is 0 Å². The van der Waals surface area contributed by atoms with Gasteiger partial charge in [0.05, 0.1) is 10.9 Å². The molecule has 3 N–H and O–H groups in total. The molecule has 0 radical (unpaired) electrons. The predicted molar refractivity (Wildman–Crippen MR) is 80.5 cm³/mol. The van der Waals surface area contributed by atoms with Crippen molar-refractivity contribution in [1.82, 2.24) is 5.32 Å². The number of primary amides is 1. The molecular weight excluding hydrogens is 326 g/mol. The fourth-order valence-electron chi connectivity index (χ4n) is 2.14. The molecule has 2 amide bonds. The smallest absolute Gasteiger partial charge is 0.312 e. The molecule has 0 aromatic heterocycles. The minimum atomic E-state index is -3.50. The van der Waals surface area contributed by atoms with Crippen LogP contribution >= 0.6 is 0 Å². The molecular formula is C15H14F2N2O3S. The van der Waals surface area contributed by atoms with E-state index in [9.17, 15) is 22.0 Å². The van der Waals surface area contributed by atoms with Crippen molar-refractivity contribution in [2.24, 2.45) is 5.73 Å². The van der Waals surface area contributed by atoms with Gasteiger partial charge in [-0.05, 0) is 35.9 Å². The molecule has 2 rings (SSSR count). The predicted octanol–water partition coefficient (Wildman–Crippen LogP) is 2.13. The number of halogens is 2. The summed E-state index contributed by atoms with van der Waals surface area (Å²) in [5.41, 5.74) is 5.20. The maximum absolute atomic E-state index is 14.0. The van der Waals surface area contributed by atoms with E-state index in [2.05, 4.69) is 5.32 Å². The zero-order valence-electron chi connectivity index (χ0n) is 12.1. The lowest BCUT2D eigenvalue weighted by molar-refractivity contribution is 0.246. The van der Waals surface area contributed by atoms with Crippen LogP contribution in [0.4, 0.5) is 13.6 Å². The number of carbonyl (C=O) groups is 1. The second-order valence-electron chi connectivity index (χ2n) is 4.95. The highest BCUT2D eigenvalue weighted by molar-refractivity contribution is 7.90. The number of hydrogen-bond donors (Lipinski definition) is 2. The van der Waals surface area contributed by atoms with Crippen molar-refractivity contribution in [3.05, 3.63) is 65.2 Å². The number of nitrogens with two attached hydrogens (primary N) is 1. The van der Waals surface area contributed by atoms with Gasteiger partial charge in [0, 0.05) is 11.8 Å². The molecule has 0 saturated heterocycles. The number of amides is 2. The van der Waals surface area contributed by atoms with Crippen LogP contribution in [0.1, 0.15) is 17.2 Å². The van der Waals surface area contributed by atoms with E-state index in [-0.39, 0.29) is 16.0 Å². The first-order valence-electron chi connectivity index (χ1n) is 6.49. The van der Waals surface area contributed by atoms with Crippen molar-refractivity contribution >= 4 is 15.9 Å². The summed E-state index contributed by atoms with van der Waals surface area (Å²) in [6, 6.07) is 6.27. The number of urea groups is 1. The van der Waals surface area contributed by atoms with Crippen LogP contribution in [-0.4, -0.2) is 20.7 Å². The van der Waals surface area contributed by atoms with E-state index in [4.69, 9.17) is 5.73 Å². The molecule has 0 aliphatic heterocycles. The fraction of sp³-hybridized carbons (Fsp3) is 0.133. The third kappa shape index (κ3) is 4.04. The summed E-state index contributed by atoms with van der Waals surface area (Å²) in [4.78, 5) is 11.2. The Hall–Kier alpha value is -2.48. The second kappa shape index (κ2) is 6.33. The Balaban J connectivity index is 2.60. The fourth-order valence-corrected chi connectivity index (χ4v) is 2.82. The summed E-state index contributed by atoms with van der Waals surface area (Å²) in [6.45, 7) is 0. The Morgan fingerprint density at radius 2 is 1.87 bits per heavy atom. The lowest BCUT2D eigenvalue weighted by Crippen LogP contribution is -2.34. The summed E-state index contributed by atoms with van der Waals surface area (Å²) in [5.74, 6) is -1.45. The number of hydrogen-bond acceptors (Lipinski definition) is 3. The highest BCUT2D eigenvalue weighted by Crippen LogP contribution is 2.27. The molecule has 0 aliphatic carbocycles. The van der Waals surface area contributed by atoms with E-state index in [0.29, 0.717) is 0 Å². The van der Waals surface area contributed by atoms with Gasteiger partial charge in [0.2, 0.25) is 0 Å². The molecule has 2 aromatic rings. The van der Waals surface area contributed by atoms with Crippen molar-refractivity contribution < 1.29 is 22.0 Å². The van der Waals surface area contributed by atoms with E-state index in [1.807, 2.05) is 0 Å².